The highest BCUT2D eigenvalue weighted by Gasteiger charge is 2.74. The van der Waals surface area contributed by atoms with Crippen molar-refractivity contribution in [2.75, 3.05) is 19.1 Å². The topological polar surface area (TPSA) is 133 Å². The van der Waals surface area contributed by atoms with Gasteiger partial charge < -0.3 is 14.2 Å². The van der Waals surface area contributed by atoms with E-state index in [0.717, 1.165) is 24.7 Å². The van der Waals surface area contributed by atoms with Gasteiger partial charge >= 0.3 is 11.9 Å². The molecule has 2 saturated heterocycles. The molecule has 3 aromatic rings. The molecule has 10 heteroatoms. The number of hydrogen-bond acceptors (Lipinski definition) is 9. The summed E-state index contributed by atoms with van der Waals surface area (Å²) in [7, 11) is 2.29. The largest absolute Gasteiger partial charge is 0.465 e. The third-order valence-corrected chi connectivity index (χ3v) is 7.94. The number of ether oxygens (including phenoxy) is 3. The van der Waals surface area contributed by atoms with Crippen molar-refractivity contribution in [3.8, 4) is 0 Å². The zero-order valence-corrected chi connectivity index (χ0v) is 22.2. The molecule has 3 aromatic carbocycles. The van der Waals surface area contributed by atoms with Crippen LogP contribution >= 0.6 is 0 Å². The first-order chi connectivity index (χ1) is 19.6. The summed E-state index contributed by atoms with van der Waals surface area (Å²) in [6, 6.07) is 16.9. The van der Waals surface area contributed by atoms with Gasteiger partial charge in [0.15, 0.2) is 0 Å². The molecule has 10 nitrogen and oxygen atoms in total. The predicted octanol–water partition coefficient (Wildman–Crippen LogP) is 3.26. The monoisotopic (exact) mass is 553 g/mol. The number of amides is 2. The lowest BCUT2D eigenvalue weighted by molar-refractivity contribution is -0.127. The molecule has 6 rings (SSSR count). The van der Waals surface area contributed by atoms with Gasteiger partial charge in [-0.15, -0.1) is 0 Å². The molecule has 2 heterocycles. The Morgan fingerprint density at radius 2 is 1.32 bits per heavy atom. The average molecular weight is 554 g/mol. The number of nitrogens with zero attached hydrogens (tertiary/aromatic N) is 1. The van der Waals surface area contributed by atoms with Crippen LogP contribution in [0, 0.1) is 18.8 Å². The fourth-order valence-electron chi connectivity index (χ4n) is 6.04. The Morgan fingerprint density at radius 1 is 0.780 bits per heavy atom. The van der Waals surface area contributed by atoms with E-state index in [4.69, 9.17) is 14.2 Å². The van der Waals surface area contributed by atoms with Crippen LogP contribution in [0.4, 0.5) is 5.69 Å². The molecule has 0 unspecified atom stereocenters. The van der Waals surface area contributed by atoms with E-state index in [1.165, 1.54) is 30.3 Å². The third kappa shape index (κ3) is 3.60. The summed E-state index contributed by atoms with van der Waals surface area (Å²) in [5.41, 5.74) is -0.902. The van der Waals surface area contributed by atoms with Crippen molar-refractivity contribution in [3.05, 3.63) is 100 Å². The van der Waals surface area contributed by atoms with Crippen molar-refractivity contribution in [3.63, 3.8) is 0 Å². The molecule has 0 aromatic heterocycles. The predicted molar refractivity (Wildman–Crippen MR) is 141 cm³/mol. The number of ketones is 2. The number of Topliss-reactive ketones (excluding diaryl/α,β-unsaturated/α-hetero) is 2. The van der Waals surface area contributed by atoms with Crippen LogP contribution in [0.15, 0.2) is 66.7 Å². The number of anilines is 1. The van der Waals surface area contributed by atoms with Crippen molar-refractivity contribution in [2.45, 2.75) is 18.6 Å². The fraction of sp³-hybridized carbons (Fsp3) is 0.226. The van der Waals surface area contributed by atoms with Crippen molar-refractivity contribution < 1.29 is 43.0 Å². The maximum absolute atomic E-state index is 14.2. The summed E-state index contributed by atoms with van der Waals surface area (Å²) >= 11 is 0. The van der Waals surface area contributed by atoms with E-state index < -0.39 is 58.9 Å². The van der Waals surface area contributed by atoms with Crippen LogP contribution in [0.5, 0.6) is 0 Å². The molecule has 3 atom stereocenters. The molecule has 1 aliphatic carbocycles. The number of esters is 2. The van der Waals surface area contributed by atoms with Crippen LogP contribution in [0.1, 0.15) is 58.7 Å². The smallest absolute Gasteiger partial charge is 0.337 e. The van der Waals surface area contributed by atoms with Gasteiger partial charge in [-0.25, -0.2) is 14.5 Å². The van der Waals surface area contributed by atoms with Gasteiger partial charge in [-0.3, -0.25) is 19.2 Å². The number of rotatable bonds is 4. The molecular weight excluding hydrogens is 530 g/mol. The van der Waals surface area contributed by atoms with Crippen LogP contribution in [-0.2, 0) is 23.8 Å². The molecule has 2 fully saturated rings. The molecule has 3 aliphatic rings. The van der Waals surface area contributed by atoms with Crippen molar-refractivity contribution in [1.82, 2.24) is 0 Å². The van der Waals surface area contributed by atoms with Crippen molar-refractivity contribution in [1.29, 1.82) is 0 Å². The highest BCUT2D eigenvalue weighted by Crippen LogP contribution is 2.57. The van der Waals surface area contributed by atoms with Gasteiger partial charge in [0.1, 0.15) is 0 Å². The lowest BCUT2D eigenvalue weighted by atomic mass is 9.77. The average Bonchev–Trinajstić information content (AvgIpc) is 3.56. The fourth-order valence-corrected chi connectivity index (χ4v) is 6.04. The molecule has 0 N–H and O–H groups in total. The quantitative estimate of drug-likeness (QED) is 0.271. The summed E-state index contributed by atoms with van der Waals surface area (Å²) in [6.07, 6.45) is -1.10. The summed E-state index contributed by atoms with van der Waals surface area (Å²) in [6.45, 7) is 1.88. The highest BCUT2D eigenvalue weighted by molar-refractivity contribution is 6.37. The van der Waals surface area contributed by atoms with E-state index in [2.05, 4.69) is 0 Å². The molecule has 1 spiro atoms. The number of carbonyl (C=O) groups is 6. The van der Waals surface area contributed by atoms with Gasteiger partial charge in [-0.1, -0.05) is 54.1 Å². The first-order valence-corrected chi connectivity index (χ1v) is 12.8. The molecule has 0 saturated carbocycles. The Balaban J connectivity index is 1.54. The second-order valence-corrected chi connectivity index (χ2v) is 10.2. The van der Waals surface area contributed by atoms with E-state index in [0.29, 0.717) is 5.56 Å². The zero-order valence-electron chi connectivity index (χ0n) is 22.2. The number of fused-ring (bicyclic) bond motifs is 3. The minimum atomic E-state index is -2.25. The van der Waals surface area contributed by atoms with E-state index in [-0.39, 0.29) is 27.9 Å². The van der Waals surface area contributed by atoms with Gasteiger partial charge in [0, 0.05) is 11.1 Å². The second-order valence-electron chi connectivity index (χ2n) is 10.2. The minimum Gasteiger partial charge on any atom is -0.465 e. The Labute approximate surface area is 233 Å². The summed E-state index contributed by atoms with van der Waals surface area (Å²) in [4.78, 5) is 81.8. The van der Waals surface area contributed by atoms with E-state index in [9.17, 15) is 28.8 Å². The maximum Gasteiger partial charge on any atom is 0.337 e. The standard InChI is InChI=1S/C31H23NO9/c1-15-8-10-16(11-9-15)24-22-23(31(41-24)25(33)20-6-4-5-7-21(20)26(31)34)28(36)32(27(22)35)19-13-17(29(37)39-2)12-18(14-19)30(38)40-3/h4-14,22-24H,1-3H3/t22-,23-,24+/m0/s1. The van der Waals surface area contributed by atoms with Crippen LogP contribution in [0.3, 0.4) is 0 Å². The number of benzene rings is 3. The van der Waals surface area contributed by atoms with E-state index in [1.807, 2.05) is 6.92 Å². The Hall–Kier alpha value is -4.96. The van der Waals surface area contributed by atoms with E-state index in [1.54, 1.807) is 36.4 Å². The molecule has 0 radical (unpaired) electrons. The summed E-state index contributed by atoms with van der Waals surface area (Å²) < 4.78 is 15.9. The third-order valence-electron chi connectivity index (χ3n) is 7.94. The highest BCUT2D eigenvalue weighted by atomic mass is 16.5. The van der Waals surface area contributed by atoms with Crippen LogP contribution < -0.4 is 4.90 Å². The van der Waals surface area contributed by atoms with Gasteiger partial charge in [0.2, 0.25) is 29.0 Å². The maximum atomic E-state index is 14.2. The van der Waals surface area contributed by atoms with Gasteiger partial charge in [-0.05, 0) is 30.7 Å². The van der Waals surface area contributed by atoms with E-state index >= 15 is 0 Å². The molecule has 0 bridgehead atoms. The second kappa shape index (κ2) is 9.31. The van der Waals surface area contributed by atoms with Crippen LogP contribution in [0.25, 0.3) is 0 Å². The van der Waals surface area contributed by atoms with Gasteiger partial charge in [0.25, 0.3) is 0 Å². The first-order valence-electron chi connectivity index (χ1n) is 12.8. The minimum absolute atomic E-state index is 0.106. The number of aryl methyl sites for hydroxylation is 1. The Bertz CT molecular complexity index is 1620. The molecule has 206 valence electrons. The summed E-state index contributed by atoms with van der Waals surface area (Å²) in [5.74, 6) is -7.34. The lowest BCUT2D eigenvalue weighted by Gasteiger charge is -2.27. The number of methoxy groups -OCH3 is 2. The normalized spacial score (nSPS) is 22.2. The number of imide groups is 1. The molecule has 41 heavy (non-hydrogen) atoms. The molecule has 2 amide bonds. The van der Waals surface area contributed by atoms with Crippen molar-refractivity contribution in [2.24, 2.45) is 11.8 Å². The summed E-state index contributed by atoms with van der Waals surface area (Å²) in [5, 5.41) is 0. The van der Waals surface area contributed by atoms with Crippen LogP contribution in [-0.4, -0.2) is 55.1 Å². The van der Waals surface area contributed by atoms with Crippen molar-refractivity contribution >= 4 is 41.0 Å². The van der Waals surface area contributed by atoms with Gasteiger partial charge in [-0.2, -0.15) is 0 Å². The SMILES string of the molecule is COC(=O)c1cc(C(=O)OC)cc(N2C(=O)[C@@H]3[C@@H](c4ccc(C)cc4)OC4(C(=O)c5ccccc5C4=O)[C@@H]3C2=O)c1. The Kier molecular flexibility index (Phi) is 5.97. The first kappa shape index (κ1) is 26.3. The Morgan fingerprint density at radius 3 is 1.83 bits per heavy atom. The number of carbonyl (C=O) groups excluding carboxylic acids is 6. The lowest BCUT2D eigenvalue weighted by Crippen LogP contribution is -2.51. The molecule has 2 aliphatic heterocycles. The van der Waals surface area contributed by atoms with Crippen LogP contribution in [0.2, 0.25) is 0 Å². The van der Waals surface area contributed by atoms with Gasteiger partial charge in [0.05, 0.1) is 49.0 Å². The molecular formula is C31H23NO9. The zero-order chi connectivity index (χ0) is 29.2. The number of hydrogen-bond donors (Lipinski definition) is 0.